The predicted octanol–water partition coefficient (Wildman–Crippen LogP) is 1.51. The van der Waals surface area contributed by atoms with E-state index in [4.69, 9.17) is 25.8 Å². The molecule has 0 bridgehead atoms. The summed E-state index contributed by atoms with van der Waals surface area (Å²) in [6, 6.07) is 2.06. The van der Waals surface area contributed by atoms with Crippen LogP contribution >= 0.6 is 11.6 Å². The number of aromatic amines is 1. The fourth-order valence-corrected chi connectivity index (χ4v) is 3.22. The van der Waals surface area contributed by atoms with Gasteiger partial charge in [0.15, 0.2) is 11.8 Å². The van der Waals surface area contributed by atoms with Crippen LogP contribution in [0.25, 0.3) is 11.2 Å². The first-order valence-electron chi connectivity index (χ1n) is 8.03. The first-order valence-corrected chi connectivity index (χ1v) is 8.41. The molecule has 0 saturated carbocycles. The van der Waals surface area contributed by atoms with Crippen LogP contribution in [0, 0.1) is 0 Å². The van der Waals surface area contributed by atoms with E-state index < -0.39 is 6.10 Å². The first kappa shape index (κ1) is 16.6. The number of nitrogens with one attached hydrogen (secondary N) is 2. The SMILES string of the molecule is C=C(C)CNc1nc2nc(O[C@@H]3CO[C@H]4[C@@H]3OC[C@H]4O)[nH]c2cc1Cl. The highest BCUT2D eigenvalue weighted by Gasteiger charge is 2.48. The van der Waals surface area contributed by atoms with Crippen LogP contribution in [0.3, 0.4) is 0 Å². The molecule has 9 heteroatoms. The monoisotopic (exact) mass is 366 g/mol. The van der Waals surface area contributed by atoms with Gasteiger partial charge in [0, 0.05) is 6.54 Å². The fraction of sp³-hybridized carbons (Fsp3) is 0.500. The van der Waals surface area contributed by atoms with Crippen LogP contribution in [0.5, 0.6) is 6.01 Å². The molecule has 4 heterocycles. The number of aliphatic hydroxyl groups is 1. The van der Waals surface area contributed by atoms with Gasteiger partial charge >= 0.3 is 0 Å². The molecule has 2 saturated heterocycles. The van der Waals surface area contributed by atoms with Crippen LogP contribution in [-0.4, -0.2) is 64.2 Å². The molecule has 2 aliphatic heterocycles. The number of aromatic nitrogens is 3. The summed E-state index contributed by atoms with van der Waals surface area (Å²) in [6.07, 6.45) is -1.59. The van der Waals surface area contributed by atoms with E-state index in [-0.39, 0.29) is 24.9 Å². The lowest BCUT2D eigenvalue weighted by Crippen LogP contribution is -2.34. The average Bonchev–Trinajstić information content (AvgIpc) is 3.23. The molecule has 0 spiro atoms. The van der Waals surface area contributed by atoms with Gasteiger partial charge in [-0.15, -0.1) is 0 Å². The molecule has 2 aromatic rings. The molecule has 2 aliphatic rings. The Morgan fingerprint density at radius 1 is 1.44 bits per heavy atom. The number of fused-ring (bicyclic) bond motifs is 2. The van der Waals surface area contributed by atoms with E-state index in [0.717, 1.165) is 5.57 Å². The van der Waals surface area contributed by atoms with Crippen LogP contribution < -0.4 is 10.1 Å². The van der Waals surface area contributed by atoms with E-state index in [1.165, 1.54) is 0 Å². The molecule has 0 amide bonds. The topological polar surface area (TPSA) is 102 Å². The number of imidazole rings is 1. The van der Waals surface area contributed by atoms with Gasteiger partial charge in [-0.1, -0.05) is 23.8 Å². The lowest BCUT2D eigenvalue weighted by molar-refractivity contribution is 0.00706. The Balaban J connectivity index is 1.52. The van der Waals surface area contributed by atoms with Crippen molar-refractivity contribution in [3.8, 4) is 6.01 Å². The highest BCUT2D eigenvalue weighted by Crippen LogP contribution is 2.30. The second-order valence-corrected chi connectivity index (χ2v) is 6.77. The van der Waals surface area contributed by atoms with Crippen LogP contribution in [0.4, 0.5) is 5.82 Å². The van der Waals surface area contributed by atoms with Crippen LogP contribution in [-0.2, 0) is 9.47 Å². The maximum atomic E-state index is 9.78. The molecular formula is C16H19ClN4O4. The van der Waals surface area contributed by atoms with E-state index in [1.54, 1.807) is 6.07 Å². The summed E-state index contributed by atoms with van der Waals surface area (Å²) in [5, 5.41) is 13.4. The predicted molar refractivity (Wildman–Crippen MR) is 92.1 cm³/mol. The Bertz CT molecular complexity index is 811. The minimum absolute atomic E-state index is 0.254. The number of hydrogen-bond acceptors (Lipinski definition) is 7. The molecule has 25 heavy (non-hydrogen) atoms. The number of rotatable bonds is 5. The molecule has 2 fully saturated rings. The maximum Gasteiger partial charge on any atom is 0.296 e. The summed E-state index contributed by atoms with van der Waals surface area (Å²) in [6.45, 7) is 6.92. The van der Waals surface area contributed by atoms with Gasteiger partial charge in [-0.25, -0.2) is 4.98 Å². The van der Waals surface area contributed by atoms with Crippen molar-refractivity contribution in [3.63, 3.8) is 0 Å². The summed E-state index contributed by atoms with van der Waals surface area (Å²) in [4.78, 5) is 11.8. The number of ether oxygens (including phenoxy) is 3. The lowest BCUT2D eigenvalue weighted by atomic mass is 10.1. The van der Waals surface area contributed by atoms with Crippen molar-refractivity contribution in [2.24, 2.45) is 0 Å². The highest BCUT2D eigenvalue weighted by molar-refractivity contribution is 6.33. The molecule has 0 unspecified atom stereocenters. The van der Waals surface area contributed by atoms with Crippen molar-refractivity contribution in [1.29, 1.82) is 0 Å². The summed E-state index contributed by atoms with van der Waals surface area (Å²) in [5.41, 5.74) is 2.13. The quantitative estimate of drug-likeness (QED) is 0.689. The fourth-order valence-electron chi connectivity index (χ4n) is 3.00. The van der Waals surface area contributed by atoms with E-state index >= 15 is 0 Å². The third-order valence-corrected chi connectivity index (χ3v) is 4.50. The summed E-state index contributed by atoms with van der Waals surface area (Å²) in [5.74, 6) is 0.543. The van der Waals surface area contributed by atoms with Gasteiger partial charge in [-0.05, 0) is 13.0 Å². The second-order valence-electron chi connectivity index (χ2n) is 6.36. The van der Waals surface area contributed by atoms with Gasteiger partial charge < -0.3 is 29.6 Å². The Kier molecular flexibility index (Phi) is 4.28. The van der Waals surface area contributed by atoms with Crippen molar-refractivity contribution in [3.05, 3.63) is 23.2 Å². The molecular weight excluding hydrogens is 348 g/mol. The van der Waals surface area contributed by atoms with E-state index in [0.29, 0.717) is 41.2 Å². The van der Waals surface area contributed by atoms with Crippen molar-refractivity contribution < 1.29 is 19.3 Å². The lowest BCUT2D eigenvalue weighted by Gasteiger charge is -2.15. The second kappa shape index (κ2) is 6.45. The molecule has 0 aromatic carbocycles. The van der Waals surface area contributed by atoms with Gasteiger partial charge in [0.2, 0.25) is 0 Å². The zero-order valence-corrected chi connectivity index (χ0v) is 14.4. The third-order valence-electron chi connectivity index (χ3n) is 4.21. The molecule has 2 aromatic heterocycles. The van der Waals surface area contributed by atoms with E-state index in [9.17, 15) is 5.11 Å². The van der Waals surface area contributed by atoms with Gasteiger partial charge in [0.05, 0.1) is 23.8 Å². The Morgan fingerprint density at radius 3 is 3.04 bits per heavy atom. The standard InChI is InChI=1S/C16H19ClN4O4/c1-7(2)4-18-14-8(17)3-9-15(20-14)21-16(19-9)25-11-6-24-12-10(22)5-23-13(11)12/h3,10-13,22H,1,4-6H2,2H3,(H2,18,19,20,21)/t10-,11-,12-,13-/m1/s1. The normalized spacial score (nSPS) is 28.3. The van der Waals surface area contributed by atoms with Crippen molar-refractivity contribution in [2.75, 3.05) is 25.1 Å². The molecule has 4 rings (SSSR count). The average molecular weight is 367 g/mol. The van der Waals surface area contributed by atoms with Crippen LogP contribution in [0.15, 0.2) is 18.2 Å². The van der Waals surface area contributed by atoms with Crippen molar-refractivity contribution in [2.45, 2.75) is 31.3 Å². The van der Waals surface area contributed by atoms with Gasteiger partial charge in [-0.2, -0.15) is 4.98 Å². The molecule has 8 nitrogen and oxygen atoms in total. The third kappa shape index (κ3) is 3.18. The highest BCUT2D eigenvalue weighted by atomic mass is 35.5. The Labute approximate surface area is 149 Å². The number of nitrogens with zero attached hydrogens (tertiary/aromatic N) is 2. The molecule has 3 N–H and O–H groups in total. The number of halogens is 1. The number of aliphatic hydroxyl groups excluding tert-OH is 1. The van der Waals surface area contributed by atoms with Crippen molar-refractivity contribution in [1.82, 2.24) is 15.0 Å². The summed E-state index contributed by atoms with van der Waals surface area (Å²) < 4.78 is 16.9. The molecule has 134 valence electrons. The van der Waals surface area contributed by atoms with Crippen LogP contribution in [0.1, 0.15) is 6.92 Å². The number of hydrogen-bond donors (Lipinski definition) is 3. The van der Waals surface area contributed by atoms with Gasteiger partial charge in [0.1, 0.15) is 24.1 Å². The molecule has 4 atom stereocenters. The Morgan fingerprint density at radius 2 is 2.24 bits per heavy atom. The largest absolute Gasteiger partial charge is 0.456 e. The molecule has 0 aliphatic carbocycles. The number of anilines is 1. The van der Waals surface area contributed by atoms with Gasteiger partial charge in [0.25, 0.3) is 6.01 Å². The van der Waals surface area contributed by atoms with Gasteiger partial charge in [-0.3, -0.25) is 0 Å². The molecule has 0 radical (unpaired) electrons. The zero-order chi connectivity index (χ0) is 17.6. The smallest absolute Gasteiger partial charge is 0.296 e. The zero-order valence-electron chi connectivity index (χ0n) is 13.7. The summed E-state index contributed by atoms with van der Waals surface area (Å²) >= 11 is 6.24. The number of pyridine rings is 1. The first-order chi connectivity index (χ1) is 12.0. The van der Waals surface area contributed by atoms with E-state index in [2.05, 4.69) is 26.8 Å². The minimum Gasteiger partial charge on any atom is -0.456 e. The van der Waals surface area contributed by atoms with Crippen molar-refractivity contribution >= 4 is 28.6 Å². The Hall–Kier alpha value is -1.87. The van der Waals surface area contributed by atoms with Crippen LogP contribution in [0.2, 0.25) is 5.02 Å². The van der Waals surface area contributed by atoms with E-state index in [1.807, 2.05) is 6.92 Å². The maximum absolute atomic E-state index is 9.78. The number of H-pyrrole nitrogens is 1. The summed E-state index contributed by atoms with van der Waals surface area (Å²) in [7, 11) is 0. The minimum atomic E-state index is -0.614.